The Labute approximate surface area is 58.0 Å². The van der Waals surface area contributed by atoms with E-state index in [-0.39, 0.29) is 5.78 Å². The first-order valence-corrected chi connectivity index (χ1v) is 3.27. The number of aryl methyl sites for hydroxylation is 2. The molecule has 3 nitrogen and oxygen atoms in total. The predicted octanol–water partition coefficient (Wildman–Crippen LogP) is 1.11. The van der Waals surface area contributed by atoms with Crippen molar-refractivity contribution in [2.45, 2.75) is 19.8 Å². The van der Waals surface area contributed by atoms with Gasteiger partial charge in [0.2, 0.25) is 0 Å². The second-order valence-corrected chi connectivity index (χ2v) is 2.49. The van der Waals surface area contributed by atoms with Crippen molar-refractivity contribution in [2.24, 2.45) is 0 Å². The van der Waals surface area contributed by atoms with E-state index < -0.39 is 0 Å². The van der Waals surface area contributed by atoms with Crippen molar-refractivity contribution in [3.8, 4) is 0 Å². The summed E-state index contributed by atoms with van der Waals surface area (Å²) in [6.45, 7) is 1.80. The van der Waals surface area contributed by atoms with E-state index in [1.807, 2.05) is 0 Å². The van der Waals surface area contributed by atoms with Crippen molar-refractivity contribution in [3.05, 3.63) is 17.0 Å². The molecule has 0 aromatic carbocycles. The minimum Gasteiger partial charge on any atom is -0.360 e. The largest absolute Gasteiger partial charge is 0.360 e. The van der Waals surface area contributed by atoms with E-state index >= 15 is 0 Å². The third-order valence-electron chi connectivity index (χ3n) is 1.79. The van der Waals surface area contributed by atoms with Gasteiger partial charge in [0.05, 0.1) is 11.3 Å². The van der Waals surface area contributed by atoms with Crippen molar-refractivity contribution in [2.75, 3.05) is 0 Å². The van der Waals surface area contributed by atoms with Crippen LogP contribution in [0.1, 0.15) is 28.2 Å². The number of hydrogen-bond acceptors (Lipinski definition) is 3. The molecule has 10 heavy (non-hydrogen) atoms. The van der Waals surface area contributed by atoms with Crippen LogP contribution in [0.3, 0.4) is 0 Å². The van der Waals surface area contributed by atoms with E-state index in [2.05, 4.69) is 5.16 Å². The monoisotopic (exact) mass is 137 g/mol. The van der Waals surface area contributed by atoms with E-state index in [9.17, 15) is 4.79 Å². The fourth-order valence-electron chi connectivity index (χ4n) is 1.30. The minimum absolute atomic E-state index is 0.175. The minimum atomic E-state index is 0.175. The lowest BCUT2D eigenvalue weighted by Gasteiger charge is -1.83. The molecule has 0 saturated heterocycles. The number of nitrogens with zero attached hydrogens (tertiary/aromatic N) is 1. The highest BCUT2D eigenvalue weighted by Crippen LogP contribution is 2.23. The molecule has 0 saturated carbocycles. The molecule has 52 valence electrons. The van der Waals surface area contributed by atoms with Crippen molar-refractivity contribution in [3.63, 3.8) is 0 Å². The molecule has 0 unspecified atom stereocenters. The van der Waals surface area contributed by atoms with Gasteiger partial charge >= 0.3 is 0 Å². The summed E-state index contributed by atoms with van der Waals surface area (Å²) in [6.07, 6.45) is 1.33. The Morgan fingerprint density at radius 2 is 2.30 bits per heavy atom. The first kappa shape index (κ1) is 5.65. The molecule has 1 aliphatic rings. The summed E-state index contributed by atoms with van der Waals surface area (Å²) in [7, 11) is 0. The Hall–Kier alpha value is -1.12. The molecule has 2 rings (SSSR count). The molecular weight excluding hydrogens is 130 g/mol. The quantitative estimate of drug-likeness (QED) is 0.538. The molecule has 0 N–H and O–H groups in total. The highest BCUT2D eigenvalue weighted by molar-refractivity contribution is 6.00. The molecule has 1 aromatic rings. The zero-order valence-corrected chi connectivity index (χ0v) is 5.68. The number of aromatic nitrogens is 1. The Balaban J connectivity index is 2.65. The molecule has 0 amide bonds. The van der Waals surface area contributed by atoms with Crippen molar-refractivity contribution in [1.82, 2.24) is 5.16 Å². The van der Waals surface area contributed by atoms with E-state index in [1.54, 1.807) is 6.92 Å². The molecule has 0 aliphatic heterocycles. The Morgan fingerprint density at radius 3 is 3.00 bits per heavy atom. The zero-order chi connectivity index (χ0) is 7.14. The van der Waals surface area contributed by atoms with Crippen LogP contribution in [-0.4, -0.2) is 10.9 Å². The Kier molecular flexibility index (Phi) is 0.952. The van der Waals surface area contributed by atoms with Crippen LogP contribution in [-0.2, 0) is 6.42 Å². The molecular formula is C7H7NO2. The van der Waals surface area contributed by atoms with Gasteiger partial charge in [-0.25, -0.2) is 0 Å². The zero-order valence-electron chi connectivity index (χ0n) is 5.68. The summed E-state index contributed by atoms with van der Waals surface area (Å²) < 4.78 is 4.91. The van der Waals surface area contributed by atoms with Gasteiger partial charge in [0.15, 0.2) is 5.78 Å². The summed E-state index contributed by atoms with van der Waals surface area (Å²) in [4.78, 5) is 11.0. The average Bonchev–Trinajstić information content (AvgIpc) is 2.40. The van der Waals surface area contributed by atoms with Gasteiger partial charge in [-0.15, -0.1) is 0 Å². The molecule has 3 heteroatoms. The third-order valence-corrected chi connectivity index (χ3v) is 1.79. The highest BCUT2D eigenvalue weighted by atomic mass is 16.5. The van der Waals surface area contributed by atoms with Gasteiger partial charge in [0, 0.05) is 12.8 Å². The van der Waals surface area contributed by atoms with Crippen molar-refractivity contribution >= 4 is 5.78 Å². The highest BCUT2D eigenvalue weighted by Gasteiger charge is 2.26. The maximum absolute atomic E-state index is 11.0. The summed E-state index contributed by atoms with van der Waals surface area (Å²) >= 11 is 0. The van der Waals surface area contributed by atoms with Crippen LogP contribution in [0, 0.1) is 6.92 Å². The molecule has 0 spiro atoms. The van der Waals surface area contributed by atoms with Gasteiger partial charge in [-0.3, -0.25) is 4.79 Å². The molecule has 0 radical (unpaired) electrons. The number of hydrogen-bond donors (Lipinski definition) is 0. The molecule has 1 aliphatic carbocycles. The second kappa shape index (κ2) is 1.68. The predicted molar refractivity (Wildman–Crippen MR) is 33.9 cm³/mol. The van der Waals surface area contributed by atoms with Crippen molar-refractivity contribution < 1.29 is 9.32 Å². The van der Waals surface area contributed by atoms with Crippen LogP contribution < -0.4 is 0 Å². The van der Waals surface area contributed by atoms with Crippen LogP contribution in [0.5, 0.6) is 0 Å². The molecule has 1 heterocycles. The van der Waals surface area contributed by atoms with E-state index in [0.29, 0.717) is 6.42 Å². The van der Waals surface area contributed by atoms with E-state index in [0.717, 1.165) is 23.4 Å². The number of rotatable bonds is 0. The molecule has 0 bridgehead atoms. The van der Waals surface area contributed by atoms with Gasteiger partial charge in [0.1, 0.15) is 5.76 Å². The molecule has 0 atom stereocenters. The van der Waals surface area contributed by atoms with Crippen LogP contribution in [0.15, 0.2) is 4.52 Å². The third kappa shape index (κ3) is 0.546. The maximum Gasteiger partial charge on any atom is 0.168 e. The summed E-state index contributed by atoms with van der Waals surface area (Å²) in [6, 6.07) is 0. The number of carbonyl (C=O) groups is 1. The molecule has 1 aromatic heterocycles. The fraction of sp³-hybridized carbons (Fsp3) is 0.429. The summed E-state index contributed by atoms with van der Waals surface area (Å²) in [5, 5.41) is 3.69. The SMILES string of the molecule is Cc1noc2c1C(=O)CC2. The van der Waals surface area contributed by atoms with E-state index in [4.69, 9.17) is 4.52 Å². The maximum atomic E-state index is 11.0. The van der Waals surface area contributed by atoms with Crippen LogP contribution in [0.25, 0.3) is 0 Å². The standard InChI is InChI=1S/C7H7NO2/c1-4-7-5(9)2-3-6(7)10-8-4/h2-3H2,1H3. The summed E-state index contributed by atoms with van der Waals surface area (Å²) in [5.74, 6) is 0.941. The Bertz CT molecular complexity index is 288. The fourth-order valence-corrected chi connectivity index (χ4v) is 1.30. The average molecular weight is 137 g/mol. The van der Waals surface area contributed by atoms with Crippen molar-refractivity contribution in [1.29, 1.82) is 0 Å². The van der Waals surface area contributed by atoms with Gasteiger partial charge in [-0.05, 0) is 6.92 Å². The lowest BCUT2D eigenvalue weighted by molar-refractivity contribution is 0.0993. The second-order valence-electron chi connectivity index (χ2n) is 2.49. The first-order valence-electron chi connectivity index (χ1n) is 3.27. The van der Waals surface area contributed by atoms with Gasteiger partial charge < -0.3 is 4.52 Å². The van der Waals surface area contributed by atoms with Crippen LogP contribution >= 0.6 is 0 Å². The number of carbonyl (C=O) groups excluding carboxylic acids is 1. The smallest absolute Gasteiger partial charge is 0.168 e. The summed E-state index contributed by atoms with van der Waals surface area (Å²) in [5.41, 5.74) is 1.46. The Morgan fingerprint density at radius 1 is 1.50 bits per heavy atom. The lowest BCUT2D eigenvalue weighted by atomic mass is 10.2. The van der Waals surface area contributed by atoms with Gasteiger partial charge in [-0.2, -0.15) is 0 Å². The van der Waals surface area contributed by atoms with Gasteiger partial charge in [0.25, 0.3) is 0 Å². The normalized spacial score (nSPS) is 15.9. The lowest BCUT2D eigenvalue weighted by Crippen LogP contribution is -1.91. The number of ketones is 1. The molecule has 0 fully saturated rings. The van der Waals surface area contributed by atoms with Gasteiger partial charge in [-0.1, -0.05) is 5.16 Å². The number of fused-ring (bicyclic) bond motifs is 1. The first-order chi connectivity index (χ1) is 4.79. The van der Waals surface area contributed by atoms with Crippen LogP contribution in [0.2, 0.25) is 0 Å². The van der Waals surface area contributed by atoms with Crippen LogP contribution in [0.4, 0.5) is 0 Å². The topological polar surface area (TPSA) is 43.1 Å². The van der Waals surface area contributed by atoms with E-state index in [1.165, 1.54) is 0 Å². The number of Topliss-reactive ketones (excluding diaryl/α,β-unsaturated/α-hetero) is 1.